The minimum atomic E-state index is -0.183. The number of carbonyl (C=O) groups is 1. The Labute approximate surface area is 93.7 Å². The predicted octanol–water partition coefficient (Wildman–Crippen LogP) is 1.35. The Morgan fingerprint density at radius 2 is 2.47 bits per heavy atom. The van der Waals surface area contributed by atoms with E-state index in [2.05, 4.69) is 15.0 Å². The maximum atomic E-state index is 11.1. The van der Waals surface area contributed by atoms with Gasteiger partial charge in [0.1, 0.15) is 0 Å². The second-order valence-corrected chi connectivity index (χ2v) is 4.48. The van der Waals surface area contributed by atoms with Crippen molar-refractivity contribution >= 4 is 17.3 Å². The summed E-state index contributed by atoms with van der Waals surface area (Å²) < 4.78 is 4.63. The highest BCUT2D eigenvalue weighted by atomic mass is 32.1. The van der Waals surface area contributed by atoms with Crippen LogP contribution in [0.5, 0.6) is 0 Å². The summed E-state index contributed by atoms with van der Waals surface area (Å²) in [4.78, 5) is 15.4. The van der Waals surface area contributed by atoms with E-state index in [0.29, 0.717) is 13.1 Å². The standard InChI is InChI=1S/C10H16N2O2S/c1-7(10(13)14-3)4-11-5-9-6-15-8(2)12-9/h6-7,11H,4-5H2,1-3H3. The van der Waals surface area contributed by atoms with Crippen LogP contribution in [0.1, 0.15) is 17.6 Å². The normalized spacial score (nSPS) is 12.5. The first kappa shape index (κ1) is 12.1. The fourth-order valence-corrected chi connectivity index (χ4v) is 1.80. The predicted molar refractivity (Wildman–Crippen MR) is 59.7 cm³/mol. The molecule has 1 aromatic heterocycles. The summed E-state index contributed by atoms with van der Waals surface area (Å²) in [6.07, 6.45) is 0. The number of nitrogens with one attached hydrogen (secondary N) is 1. The number of hydrogen-bond acceptors (Lipinski definition) is 5. The van der Waals surface area contributed by atoms with Crippen molar-refractivity contribution in [1.82, 2.24) is 10.3 Å². The van der Waals surface area contributed by atoms with Crippen molar-refractivity contribution in [2.24, 2.45) is 5.92 Å². The molecule has 15 heavy (non-hydrogen) atoms. The molecule has 1 rings (SSSR count). The Morgan fingerprint density at radius 3 is 3.00 bits per heavy atom. The molecule has 0 aliphatic carbocycles. The lowest BCUT2D eigenvalue weighted by atomic mass is 10.2. The minimum absolute atomic E-state index is 0.116. The minimum Gasteiger partial charge on any atom is -0.469 e. The highest BCUT2D eigenvalue weighted by Gasteiger charge is 2.12. The van der Waals surface area contributed by atoms with Crippen molar-refractivity contribution in [3.63, 3.8) is 0 Å². The van der Waals surface area contributed by atoms with E-state index >= 15 is 0 Å². The average molecular weight is 228 g/mol. The van der Waals surface area contributed by atoms with Crippen molar-refractivity contribution in [1.29, 1.82) is 0 Å². The maximum Gasteiger partial charge on any atom is 0.309 e. The van der Waals surface area contributed by atoms with Crippen LogP contribution in [0, 0.1) is 12.8 Å². The van der Waals surface area contributed by atoms with Crippen LogP contribution < -0.4 is 5.32 Å². The molecule has 1 atom stereocenters. The summed E-state index contributed by atoms with van der Waals surface area (Å²) >= 11 is 1.63. The largest absolute Gasteiger partial charge is 0.469 e. The first-order valence-electron chi connectivity index (χ1n) is 4.83. The molecular weight excluding hydrogens is 212 g/mol. The van der Waals surface area contributed by atoms with E-state index in [-0.39, 0.29) is 11.9 Å². The second-order valence-electron chi connectivity index (χ2n) is 3.41. The number of thiazole rings is 1. The Kier molecular flexibility index (Phi) is 4.71. The molecule has 5 heteroatoms. The van der Waals surface area contributed by atoms with Crippen LogP contribution in [0.3, 0.4) is 0 Å². The van der Waals surface area contributed by atoms with Gasteiger partial charge in [0.05, 0.1) is 23.7 Å². The van der Waals surface area contributed by atoms with Crippen LogP contribution in [0.25, 0.3) is 0 Å². The molecule has 1 N–H and O–H groups in total. The number of aromatic nitrogens is 1. The summed E-state index contributed by atoms with van der Waals surface area (Å²) in [5.41, 5.74) is 1.02. The zero-order valence-electron chi connectivity index (χ0n) is 9.24. The molecule has 0 bridgehead atoms. The van der Waals surface area contributed by atoms with Gasteiger partial charge < -0.3 is 10.1 Å². The molecule has 0 fully saturated rings. The fraction of sp³-hybridized carbons (Fsp3) is 0.600. The third-order valence-electron chi connectivity index (χ3n) is 2.03. The summed E-state index contributed by atoms with van der Waals surface area (Å²) in [5.74, 6) is -0.299. The molecule has 0 spiro atoms. The van der Waals surface area contributed by atoms with Crippen molar-refractivity contribution < 1.29 is 9.53 Å². The van der Waals surface area contributed by atoms with Gasteiger partial charge in [0, 0.05) is 18.5 Å². The van der Waals surface area contributed by atoms with Crippen LogP contribution in [0.4, 0.5) is 0 Å². The van der Waals surface area contributed by atoms with E-state index < -0.39 is 0 Å². The van der Waals surface area contributed by atoms with Crippen molar-refractivity contribution in [2.45, 2.75) is 20.4 Å². The van der Waals surface area contributed by atoms with Gasteiger partial charge in [-0.25, -0.2) is 4.98 Å². The zero-order chi connectivity index (χ0) is 11.3. The van der Waals surface area contributed by atoms with Crippen molar-refractivity contribution in [3.8, 4) is 0 Å². The van der Waals surface area contributed by atoms with Gasteiger partial charge in [0.25, 0.3) is 0 Å². The first-order valence-corrected chi connectivity index (χ1v) is 5.71. The summed E-state index contributed by atoms with van der Waals surface area (Å²) in [6.45, 7) is 5.13. The number of rotatable bonds is 5. The van der Waals surface area contributed by atoms with Gasteiger partial charge in [-0.3, -0.25) is 4.79 Å². The molecule has 0 aromatic carbocycles. The smallest absolute Gasteiger partial charge is 0.309 e. The lowest BCUT2D eigenvalue weighted by Crippen LogP contribution is -2.27. The number of nitrogens with zero attached hydrogens (tertiary/aromatic N) is 1. The van der Waals surface area contributed by atoms with Crippen LogP contribution in [0.2, 0.25) is 0 Å². The van der Waals surface area contributed by atoms with E-state index in [9.17, 15) is 4.79 Å². The van der Waals surface area contributed by atoms with Crippen LogP contribution >= 0.6 is 11.3 Å². The number of ether oxygens (including phenoxy) is 1. The van der Waals surface area contributed by atoms with E-state index in [1.165, 1.54) is 7.11 Å². The van der Waals surface area contributed by atoms with Gasteiger partial charge in [-0.05, 0) is 6.92 Å². The average Bonchev–Trinajstić information content (AvgIpc) is 2.63. The van der Waals surface area contributed by atoms with E-state index in [4.69, 9.17) is 0 Å². The van der Waals surface area contributed by atoms with Crippen LogP contribution in [0.15, 0.2) is 5.38 Å². The Morgan fingerprint density at radius 1 is 1.73 bits per heavy atom. The Hall–Kier alpha value is -0.940. The van der Waals surface area contributed by atoms with E-state index in [0.717, 1.165) is 10.7 Å². The second kappa shape index (κ2) is 5.82. The zero-order valence-corrected chi connectivity index (χ0v) is 10.1. The van der Waals surface area contributed by atoms with Gasteiger partial charge in [-0.1, -0.05) is 6.92 Å². The summed E-state index contributed by atoms with van der Waals surface area (Å²) in [5, 5.41) is 6.26. The van der Waals surface area contributed by atoms with Crippen LogP contribution in [-0.2, 0) is 16.1 Å². The number of esters is 1. The molecular formula is C10H16N2O2S. The topological polar surface area (TPSA) is 51.2 Å². The Balaban J connectivity index is 2.24. The molecule has 1 heterocycles. The molecule has 0 saturated carbocycles. The van der Waals surface area contributed by atoms with E-state index in [1.54, 1.807) is 11.3 Å². The molecule has 1 aromatic rings. The lowest BCUT2D eigenvalue weighted by Gasteiger charge is -2.09. The Bertz CT molecular complexity index is 325. The fourth-order valence-electron chi connectivity index (χ4n) is 1.19. The molecule has 4 nitrogen and oxygen atoms in total. The molecule has 0 aliphatic rings. The number of carbonyl (C=O) groups excluding carboxylic acids is 1. The lowest BCUT2D eigenvalue weighted by molar-refractivity contribution is -0.144. The van der Waals surface area contributed by atoms with Gasteiger partial charge in [0.2, 0.25) is 0 Å². The van der Waals surface area contributed by atoms with Gasteiger partial charge in [0.15, 0.2) is 0 Å². The van der Waals surface area contributed by atoms with Crippen molar-refractivity contribution in [2.75, 3.05) is 13.7 Å². The molecule has 0 radical (unpaired) electrons. The summed E-state index contributed by atoms with van der Waals surface area (Å²) in [6, 6.07) is 0. The van der Waals surface area contributed by atoms with E-state index in [1.807, 2.05) is 19.2 Å². The third kappa shape index (κ3) is 3.97. The van der Waals surface area contributed by atoms with Gasteiger partial charge in [-0.15, -0.1) is 11.3 Å². The maximum absolute atomic E-state index is 11.1. The molecule has 84 valence electrons. The molecule has 0 aliphatic heterocycles. The number of aryl methyl sites for hydroxylation is 1. The molecule has 1 unspecified atom stereocenters. The first-order chi connectivity index (χ1) is 7.13. The van der Waals surface area contributed by atoms with Gasteiger partial charge in [-0.2, -0.15) is 0 Å². The SMILES string of the molecule is COC(=O)C(C)CNCc1csc(C)n1. The number of hydrogen-bond donors (Lipinski definition) is 1. The monoisotopic (exact) mass is 228 g/mol. The summed E-state index contributed by atoms with van der Waals surface area (Å²) in [7, 11) is 1.41. The molecule has 0 saturated heterocycles. The van der Waals surface area contributed by atoms with Crippen LogP contribution in [-0.4, -0.2) is 24.6 Å². The van der Waals surface area contributed by atoms with Crippen molar-refractivity contribution in [3.05, 3.63) is 16.1 Å². The highest BCUT2D eigenvalue weighted by molar-refractivity contribution is 7.09. The third-order valence-corrected chi connectivity index (χ3v) is 2.85. The number of methoxy groups -OCH3 is 1. The highest BCUT2D eigenvalue weighted by Crippen LogP contribution is 2.07. The molecule has 0 amide bonds. The quantitative estimate of drug-likeness (QED) is 0.773. The van der Waals surface area contributed by atoms with Gasteiger partial charge >= 0.3 is 5.97 Å².